The largest absolute Gasteiger partial charge is 0.268 e. The molecule has 0 saturated heterocycles. The Morgan fingerprint density at radius 1 is 1.39 bits per heavy atom. The van der Waals surface area contributed by atoms with Crippen LogP contribution in [0.2, 0.25) is 5.02 Å². The van der Waals surface area contributed by atoms with Gasteiger partial charge < -0.3 is 0 Å². The van der Waals surface area contributed by atoms with Crippen LogP contribution in [-0.2, 0) is 10.0 Å². The average molecular weight is 287 g/mol. The zero-order valence-electron chi connectivity index (χ0n) is 9.39. The van der Waals surface area contributed by atoms with E-state index < -0.39 is 15.9 Å². The second kappa shape index (κ2) is 6.38. The molecule has 5 nitrogen and oxygen atoms in total. The number of hydrogen-bond donors (Lipinski definition) is 1. The van der Waals surface area contributed by atoms with Crippen molar-refractivity contribution in [2.75, 3.05) is 5.75 Å². The topological polar surface area (TPSA) is 87.0 Å². The number of carbonyl (C=O) groups is 1. The summed E-state index contributed by atoms with van der Waals surface area (Å²) >= 11 is 5.78. The molecule has 96 valence electrons. The summed E-state index contributed by atoms with van der Waals surface area (Å²) in [6, 6.07) is 7.99. The van der Waals surface area contributed by atoms with Crippen molar-refractivity contribution < 1.29 is 13.2 Å². The highest BCUT2D eigenvalue weighted by molar-refractivity contribution is 7.90. The Morgan fingerprint density at radius 2 is 2.06 bits per heavy atom. The number of unbranched alkanes of at least 4 members (excludes halogenated alkanes) is 1. The third-order valence-electron chi connectivity index (χ3n) is 2.07. The molecule has 18 heavy (non-hydrogen) atoms. The molecule has 0 spiro atoms. The summed E-state index contributed by atoms with van der Waals surface area (Å²) in [5.74, 6) is -1.03. The first-order valence-corrected chi connectivity index (χ1v) is 7.15. The Hall–Kier alpha value is -1.58. The predicted molar refractivity (Wildman–Crippen MR) is 67.6 cm³/mol. The van der Waals surface area contributed by atoms with Gasteiger partial charge in [0.2, 0.25) is 10.0 Å². The van der Waals surface area contributed by atoms with E-state index in [0.717, 1.165) is 0 Å². The molecule has 1 aromatic rings. The first-order chi connectivity index (χ1) is 8.46. The number of nitrogens with zero attached hydrogens (tertiary/aromatic N) is 1. The minimum Gasteiger partial charge on any atom is -0.268 e. The summed E-state index contributed by atoms with van der Waals surface area (Å²) in [4.78, 5) is 11.7. The molecule has 0 saturated carbocycles. The third kappa shape index (κ3) is 4.35. The number of benzene rings is 1. The molecular formula is C11H11ClN2O3S. The SMILES string of the molecule is N#CCCCS(=O)(=O)NC(=O)c1ccccc1Cl. The van der Waals surface area contributed by atoms with Gasteiger partial charge in [-0.2, -0.15) is 5.26 Å². The molecule has 0 fully saturated rings. The molecule has 7 heteroatoms. The van der Waals surface area contributed by atoms with Gasteiger partial charge in [-0.15, -0.1) is 0 Å². The van der Waals surface area contributed by atoms with Crippen LogP contribution in [0.3, 0.4) is 0 Å². The van der Waals surface area contributed by atoms with Crippen molar-refractivity contribution >= 4 is 27.5 Å². The average Bonchev–Trinajstić information content (AvgIpc) is 2.29. The lowest BCUT2D eigenvalue weighted by Crippen LogP contribution is -2.32. The van der Waals surface area contributed by atoms with Crippen molar-refractivity contribution in [2.45, 2.75) is 12.8 Å². The van der Waals surface area contributed by atoms with Crippen LogP contribution in [0.4, 0.5) is 0 Å². The zero-order valence-corrected chi connectivity index (χ0v) is 11.0. The van der Waals surface area contributed by atoms with E-state index in [0.29, 0.717) is 0 Å². The number of amides is 1. The smallest absolute Gasteiger partial charge is 0.266 e. The number of nitriles is 1. The second-order valence-electron chi connectivity index (χ2n) is 3.49. The van der Waals surface area contributed by atoms with Gasteiger partial charge >= 0.3 is 0 Å². The van der Waals surface area contributed by atoms with Crippen molar-refractivity contribution in [3.8, 4) is 6.07 Å². The maximum Gasteiger partial charge on any atom is 0.266 e. The predicted octanol–water partition coefficient (Wildman–Crippen LogP) is 1.70. The minimum absolute atomic E-state index is 0.100. The second-order valence-corrected chi connectivity index (χ2v) is 5.74. The number of nitrogens with one attached hydrogen (secondary N) is 1. The van der Waals surface area contributed by atoms with Crippen LogP contribution in [0.15, 0.2) is 24.3 Å². The van der Waals surface area contributed by atoms with Crippen molar-refractivity contribution in [2.24, 2.45) is 0 Å². The van der Waals surface area contributed by atoms with E-state index in [1.165, 1.54) is 12.1 Å². The summed E-state index contributed by atoms with van der Waals surface area (Å²) in [6.07, 6.45) is 0.308. The van der Waals surface area contributed by atoms with Crippen molar-refractivity contribution in [3.63, 3.8) is 0 Å². The molecule has 0 atom stereocenters. The fourth-order valence-electron chi connectivity index (χ4n) is 1.23. The Morgan fingerprint density at radius 3 is 2.67 bits per heavy atom. The van der Waals surface area contributed by atoms with Crippen LogP contribution in [0.5, 0.6) is 0 Å². The van der Waals surface area contributed by atoms with Crippen molar-refractivity contribution in [1.29, 1.82) is 5.26 Å². The lowest BCUT2D eigenvalue weighted by Gasteiger charge is -2.06. The third-order valence-corrected chi connectivity index (χ3v) is 3.72. The Labute approximate surface area is 110 Å². The van der Waals surface area contributed by atoms with Gasteiger partial charge in [-0.05, 0) is 18.6 Å². The highest BCUT2D eigenvalue weighted by Crippen LogP contribution is 2.14. The molecule has 0 unspecified atom stereocenters. The number of hydrogen-bond acceptors (Lipinski definition) is 4. The van der Waals surface area contributed by atoms with Gasteiger partial charge in [-0.25, -0.2) is 13.1 Å². The summed E-state index contributed by atoms with van der Waals surface area (Å²) in [6.45, 7) is 0. The summed E-state index contributed by atoms with van der Waals surface area (Å²) in [5, 5.41) is 8.49. The van der Waals surface area contributed by atoms with E-state index in [-0.39, 0.29) is 29.2 Å². The molecule has 0 bridgehead atoms. The molecular weight excluding hydrogens is 276 g/mol. The molecule has 0 aromatic heterocycles. The van der Waals surface area contributed by atoms with Crippen LogP contribution in [0.25, 0.3) is 0 Å². The molecule has 1 rings (SSSR count). The minimum atomic E-state index is -3.73. The Kier molecular flexibility index (Phi) is 5.13. The van der Waals surface area contributed by atoms with Gasteiger partial charge in [0, 0.05) is 6.42 Å². The van der Waals surface area contributed by atoms with Gasteiger partial charge in [0.1, 0.15) is 0 Å². The maximum atomic E-state index is 11.7. The van der Waals surface area contributed by atoms with E-state index in [2.05, 4.69) is 0 Å². The van der Waals surface area contributed by atoms with Crippen LogP contribution < -0.4 is 4.72 Å². The molecule has 1 N–H and O–H groups in total. The van der Waals surface area contributed by atoms with E-state index in [1.54, 1.807) is 12.1 Å². The fraction of sp³-hybridized carbons (Fsp3) is 0.273. The van der Waals surface area contributed by atoms with E-state index >= 15 is 0 Å². The van der Waals surface area contributed by atoms with Crippen LogP contribution >= 0.6 is 11.6 Å². The van der Waals surface area contributed by atoms with Crippen molar-refractivity contribution in [1.82, 2.24) is 4.72 Å². The number of carbonyl (C=O) groups excluding carboxylic acids is 1. The quantitative estimate of drug-likeness (QED) is 0.835. The summed E-state index contributed by atoms with van der Waals surface area (Å²) < 4.78 is 24.9. The van der Waals surface area contributed by atoms with Gasteiger partial charge in [0.15, 0.2) is 0 Å². The zero-order chi connectivity index (χ0) is 13.6. The summed E-state index contributed by atoms with van der Waals surface area (Å²) in [7, 11) is -3.73. The molecule has 1 aromatic carbocycles. The molecule has 1 amide bonds. The highest BCUT2D eigenvalue weighted by Gasteiger charge is 2.17. The lowest BCUT2D eigenvalue weighted by atomic mass is 10.2. The standard InChI is InChI=1S/C11H11ClN2O3S/c12-10-6-2-1-5-9(10)11(15)14-18(16,17)8-4-3-7-13/h1-2,5-6H,3-4,8H2,(H,14,15). The monoisotopic (exact) mass is 286 g/mol. The van der Waals surface area contributed by atoms with E-state index in [1.807, 2.05) is 10.8 Å². The molecule has 0 aliphatic rings. The number of halogens is 1. The highest BCUT2D eigenvalue weighted by atomic mass is 35.5. The maximum absolute atomic E-state index is 11.7. The van der Waals surface area contributed by atoms with Gasteiger partial charge in [0.05, 0.1) is 22.4 Å². The lowest BCUT2D eigenvalue weighted by molar-refractivity contribution is 0.0981. The van der Waals surface area contributed by atoms with Crippen molar-refractivity contribution in [3.05, 3.63) is 34.9 Å². The van der Waals surface area contributed by atoms with Crippen LogP contribution in [-0.4, -0.2) is 20.1 Å². The molecule has 0 radical (unpaired) electrons. The first-order valence-electron chi connectivity index (χ1n) is 5.12. The summed E-state index contributed by atoms with van der Waals surface area (Å²) in [5.41, 5.74) is 0.100. The fourth-order valence-corrected chi connectivity index (χ4v) is 2.47. The first kappa shape index (κ1) is 14.5. The van der Waals surface area contributed by atoms with E-state index in [4.69, 9.17) is 16.9 Å². The molecule has 0 heterocycles. The molecule has 0 aliphatic carbocycles. The van der Waals surface area contributed by atoms with Crippen LogP contribution in [0, 0.1) is 11.3 Å². The number of sulfonamides is 1. The van der Waals surface area contributed by atoms with Gasteiger partial charge in [-0.3, -0.25) is 4.79 Å². The Balaban J connectivity index is 2.71. The number of rotatable bonds is 5. The van der Waals surface area contributed by atoms with Gasteiger partial charge in [0.25, 0.3) is 5.91 Å². The Bertz CT molecular complexity index is 578. The van der Waals surface area contributed by atoms with Crippen LogP contribution in [0.1, 0.15) is 23.2 Å². The molecule has 0 aliphatic heterocycles. The normalized spacial score (nSPS) is 10.7. The van der Waals surface area contributed by atoms with E-state index in [9.17, 15) is 13.2 Å². The van der Waals surface area contributed by atoms with Gasteiger partial charge in [-0.1, -0.05) is 23.7 Å².